The lowest BCUT2D eigenvalue weighted by atomic mass is 10.0. The molecule has 0 atom stereocenters. The Hall–Kier alpha value is -2.32. The molecule has 1 aliphatic heterocycles. The number of nitrogens with zero attached hydrogens (tertiary/aromatic N) is 1. The van der Waals surface area contributed by atoms with Crippen LogP contribution in [-0.2, 0) is 10.0 Å². The number of sulfonamides is 1. The topological polar surface area (TPSA) is 66.5 Å². The summed E-state index contributed by atoms with van der Waals surface area (Å²) in [6.07, 6.45) is 1.54. The Labute approximate surface area is 157 Å². The second-order valence-corrected chi connectivity index (χ2v) is 8.63. The lowest BCUT2D eigenvalue weighted by Crippen LogP contribution is -2.37. The first-order valence-corrected chi connectivity index (χ1v) is 10.1. The van der Waals surface area contributed by atoms with Crippen LogP contribution in [0.3, 0.4) is 0 Å². The first-order chi connectivity index (χ1) is 12.8. The van der Waals surface area contributed by atoms with E-state index >= 15 is 0 Å². The molecule has 1 amide bonds. The first kappa shape index (κ1) is 19.4. The number of amides is 1. The largest absolute Gasteiger partial charge is 0.319 e. The van der Waals surface area contributed by atoms with Crippen LogP contribution in [0, 0.1) is 17.6 Å². The second-order valence-electron chi connectivity index (χ2n) is 6.69. The van der Waals surface area contributed by atoms with Crippen LogP contribution in [0.4, 0.5) is 14.5 Å². The van der Waals surface area contributed by atoms with E-state index in [1.807, 2.05) is 0 Å². The zero-order valence-corrected chi connectivity index (χ0v) is 15.6. The predicted molar refractivity (Wildman–Crippen MR) is 97.9 cm³/mol. The molecule has 1 saturated heterocycles. The number of halogens is 2. The van der Waals surface area contributed by atoms with Gasteiger partial charge in [0, 0.05) is 18.7 Å². The number of piperidine rings is 1. The van der Waals surface area contributed by atoms with Crippen molar-refractivity contribution in [2.24, 2.45) is 5.92 Å². The Morgan fingerprint density at radius 2 is 1.70 bits per heavy atom. The zero-order chi connectivity index (χ0) is 19.6. The fraction of sp³-hybridized carbons (Fsp3) is 0.316. The van der Waals surface area contributed by atoms with E-state index in [1.165, 1.54) is 28.6 Å². The van der Waals surface area contributed by atoms with Gasteiger partial charge in [-0.05, 0) is 61.2 Å². The van der Waals surface area contributed by atoms with Crippen molar-refractivity contribution in [3.05, 3.63) is 59.7 Å². The summed E-state index contributed by atoms with van der Waals surface area (Å²) in [7, 11) is -3.77. The van der Waals surface area contributed by atoms with E-state index in [1.54, 1.807) is 0 Å². The van der Waals surface area contributed by atoms with Gasteiger partial charge in [0.15, 0.2) is 0 Å². The summed E-state index contributed by atoms with van der Waals surface area (Å²) in [5.74, 6) is -1.48. The van der Waals surface area contributed by atoms with Crippen LogP contribution >= 0.6 is 0 Å². The number of benzene rings is 2. The summed E-state index contributed by atoms with van der Waals surface area (Å²) in [5.41, 5.74) is 0.0190. The van der Waals surface area contributed by atoms with Gasteiger partial charge < -0.3 is 5.32 Å². The molecule has 0 radical (unpaired) electrons. The van der Waals surface area contributed by atoms with Crippen molar-refractivity contribution in [2.45, 2.75) is 24.7 Å². The first-order valence-electron chi connectivity index (χ1n) is 8.64. The van der Waals surface area contributed by atoms with Crippen LogP contribution in [-0.4, -0.2) is 31.7 Å². The zero-order valence-electron chi connectivity index (χ0n) is 14.8. The summed E-state index contributed by atoms with van der Waals surface area (Å²) in [5, 5.41) is 2.37. The molecule has 8 heteroatoms. The summed E-state index contributed by atoms with van der Waals surface area (Å²) in [6, 6.07) is 8.21. The van der Waals surface area contributed by atoms with Crippen molar-refractivity contribution in [1.29, 1.82) is 0 Å². The van der Waals surface area contributed by atoms with Crippen molar-refractivity contribution < 1.29 is 22.0 Å². The van der Waals surface area contributed by atoms with Crippen LogP contribution < -0.4 is 5.32 Å². The molecule has 27 heavy (non-hydrogen) atoms. The molecular formula is C19H20F2N2O3S. The molecule has 2 aromatic carbocycles. The van der Waals surface area contributed by atoms with E-state index in [2.05, 4.69) is 12.2 Å². The van der Waals surface area contributed by atoms with E-state index in [-0.39, 0.29) is 16.1 Å². The molecule has 1 N–H and O–H groups in total. The number of hydrogen-bond acceptors (Lipinski definition) is 3. The molecule has 0 bridgehead atoms. The van der Waals surface area contributed by atoms with Crippen molar-refractivity contribution in [1.82, 2.24) is 4.31 Å². The molecule has 3 rings (SSSR count). The fourth-order valence-electron chi connectivity index (χ4n) is 2.93. The number of carbonyl (C=O) groups excluding carboxylic acids is 1. The maximum Gasteiger partial charge on any atom is 0.255 e. The van der Waals surface area contributed by atoms with Gasteiger partial charge in [-0.15, -0.1) is 0 Å². The molecule has 0 aromatic heterocycles. The molecular weight excluding hydrogens is 374 g/mol. The standard InChI is InChI=1S/C19H20F2N2O3S/c1-13-8-10-23(11-9-13)27(25,26)16-6-7-18(17(21)12-16)22-19(24)14-2-4-15(20)5-3-14/h2-7,12-13H,8-11H2,1H3,(H,22,24). The molecule has 0 aliphatic carbocycles. The average Bonchev–Trinajstić information content (AvgIpc) is 2.64. The number of rotatable bonds is 4. The van der Waals surface area contributed by atoms with Crippen LogP contribution in [0.25, 0.3) is 0 Å². The van der Waals surface area contributed by atoms with Crippen molar-refractivity contribution in [3.8, 4) is 0 Å². The number of hydrogen-bond donors (Lipinski definition) is 1. The van der Waals surface area contributed by atoms with Gasteiger partial charge in [-0.2, -0.15) is 4.31 Å². The molecule has 2 aromatic rings. The Morgan fingerprint density at radius 1 is 1.07 bits per heavy atom. The lowest BCUT2D eigenvalue weighted by Gasteiger charge is -2.29. The van der Waals surface area contributed by atoms with E-state index < -0.39 is 27.6 Å². The minimum Gasteiger partial charge on any atom is -0.319 e. The Balaban J connectivity index is 1.77. The van der Waals surface area contributed by atoms with E-state index in [4.69, 9.17) is 0 Å². The van der Waals surface area contributed by atoms with Crippen molar-refractivity contribution in [2.75, 3.05) is 18.4 Å². The Morgan fingerprint density at radius 3 is 2.30 bits per heavy atom. The van der Waals surface area contributed by atoms with Crippen LogP contribution in [0.2, 0.25) is 0 Å². The Bertz CT molecular complexity index is 938. The van der Waals surface area contributed by atoms with Gasteiger partial charge in [0.25, 0.3) is 5.91 Å². The smallest absolute Gasteiger partial charge is 0.255 e. The average molecular weight is 394 g/mol. The predicted octanol–water partition coefficient (Wildman–Crippen LogP) is 3.64. The molecule has 144 valence electrons. The fourth-order valence-corrected chi connectivity index (χ4v) is 4.41. The highest BCUT2D eigenvalue weighted by Crippen LogP contribution is 2.26. The Kier molecular flexibility index (Phi) is 5.57. The quantitative estimate of drug-likeness (QED) is 0.861. The molecule has 0 spiro atoms. The molecule has 1 aliphatic rings. The maximum atomic E-state index is 14.4. The van der Waals surface area contributed by atoms with E-state index in [9.17, 15) is 22.0 Å². The van der Waals surface area contributed by atoms with E-state index in [0.717, 1.165) is 31.0 Å². The highest BCUT2D eigenvalue weighted by molar-refractivity contribution is 7.89. The molecule has 1 heterocycles. The molecule has 5 nitrogen and oxygen atoms in total. The number of anilines is 1. The minimum absolute atomic E-state index is 0.143. The molecule has 0 unspecified atom stereocenters. The summed E-state index contributed by atoms with van der Waals surface area (Å²) in [4.78, 5) is 12.0. The second kappa shape index (κ2) is 7.74. The minimum atomic E-state index is -3.77. The summed E-state index contributed by atoms with van der Waals surface area (Å²) in [6.45, 7) is 2.89. The van der Waals surface area contributed by atoms with Crippen molar-refractivity contribution in [3.63, 3.8) is 0 Å². The van der Waals surface area contributed by atoms with Gasteiger partial charge in [-0.1, -0.05) is 6.92 Å². The van der Waals surface area contributed by atoms with Crippen LogP contribution in [0.5, 0.6) is 0 Å². The monoisotopic (exact) mass is 394 g/mol. The number of carbonyl (C=O) groups is 1. The summed E-state index contributed by atoms with van der Waals surface area (Å²) >= 11 is 0. The third kappa shape index (κ3) is 4.33. The van der Waals surface area contributed by atoms with Crippen molar-refractivity contribution >= 4 is 21.6 Å². The normalized spacial score (nSPS) is 16.3. The number of nitrogens with one attached hydrogen (secondary N) is 1. The molecule has 0 saturated carbocycles. The van der Waals surface area contributed by atoms with Gasteiger partial charge in [-0.3, -0.25) is 4.79 Å². The summed E-state index contributed by atoms with van der Waals surface area (Å²) < 4.78 is 54.0. The maximum absolute atomic E-state index is 14.4. The third-order valence-electron chi connectivity index (χ3n) is 4.68. The van der Waals surface area contributed by atoms with Gasteiger partial charge in [-0.25, -0.2) is 17.2 Å². The van der Waals surface area contributed by atoms with Gasteiger partial charge in [0.1, 0.15) is 11.6 Å². The third-order valence-corrected chi connectivity index (χ3v) is 6.57. The highest BCUT2D eigenvalue weighted by atomic mass is 32.2. The molecule has 1 fully saturated rings. The van der Waals surface area contributed by atoms with Gasteiger partial charge >= 0.3 is 0 Å². The SMILES string of the molecule is CC1CCN(S(=O)(=O)c2ccc(NC(=O)c3ccc(F)cc3)c(F)c2)CC1. The van der Waals surface area contributed by atoms with Gasteiger partial charge in [0.2, 0.25) is 10.0 Å². The lowest BCUT2D eigenvalue weighted by molar-refractivity contribution is 0.102. The van der Waals surface area contributed by atoms with E-state index in [0.29, 0.717) is 19.0 Å². The highest BCUT2D eigenvalue weighted by Gasteiger charge is 2.28. The van der Waals surface area contributed by atoms with Gasteiger partial charge in [0.05, 0.1) is 10.6 Å². The van der Waals surface area contributed by atoms with Crippen LogP contribution in [0.15, 0.2) is 47.4 Å². The van der Waals surface area contributed by atoms with Crippen LogP contribution in [0.1, 0.15) is 30.1 Å².